The molecular weight excluding hydrogens is 438 g/mol. The highest BCUT2D eigenvalue weighted by molar-refractivity contribution is 6.04. The van der Waals surface area contributed by atoms with Crippen molar-refractivity contribution in [2.24, 2.45) is 0 Å². The number of para-hydroxylation sites is 1. The molecule has 5 aromatic rings. The molecule has 0 fully saturated rings. The van der Waals surface area contributed by atoms with E-state index in [4.69, 9.17) is 4.74 Å². The minimum atomic E-state index is -0.244. The van der Waals surface area contributed by atoms with Gasteiger partial charge in [-0.2, -0.15) is 5.10 Å². The predicted octanol–water partition coefficient (Wildman–Crippen LogP) is 4.69. The number of carbonyl (C=O) groups is 1. The van der Waals surface area contributed by atoms with Crippen LogP contribution in [0.15, 0.2) is 91.3 Å². The Morgan fingerprint density at radius 1 is 0.886 bits per heavy atom. The van der Waals surface area contributed by atoms with Gasteiger partial charge >= 0.3 is 0 Å². The lowest BCUT2D eigenvalue weighted by atomic mass is 10.2. The van der Waals surface area contributed by atoms with Crippen LogP contribution in [-0.4, -0.2) is 25.7 Å². The summed E-state index contributed by atoms with van der Waals surface area (Å²) >= 11 is 0. The van der Waals surface area contributed by atoms with Crippen LogP contribution < -0.4 is 10.1 Å². The molecule has 2 aromatic heterocycles. The maximum Gasteiger partial charge on any atom is 0.272 e. The van der Waals surface area contributed by atoms with Crippen molar-refractivity contribution in [1.29, 1.82) is 0 Å². The third kappa shape index (κ3) is 5.35. The minimum Gasteiger partial charge on any atom is -0.489 e. The summed E-state index contributed by atoms with van der Waals surface area (Å²) < 4.78 is 7.74. The molecule has 0 spiro atoms. The number of hydrogen-bond acceptors (Lipinski definition) is 5. The topological polar surface area (TPSA) is 81.9 Å². The first-order valence-corrected chi connectivity index (χ1v) is 11.4. The highest BCUT2D eigenvalue weighted by atomic mass is 16.5. The molecule has 35 heavy (non-hydrogen) atoms. The average molecular weight is 464 g/mol. The molecule has 0 saturated heterocycles. The van der Waals surface area contributed by atoms with E-state index in [1.807, 2.05) is 90.5 Å². The van der Waals surface area contributed by atoms with E-state index in [-0.39, 0.29) is 12.5 Å². The van der Waals surface area contributed by atoms with Crippen LogP contribution in [-0.2, 0) is 19.7 Å². The van der Waals surface area contributed by atoms with E-state index in [0.717, 1.165) is 33.5 Å². The summed E-state index contributed by atoms with van der Waals surface area (Å²) in [5, 5.41) is 8.36. The molecule has 0 aliphatic heterocycles. The molecule has 0 radical (unpaired) electrons. The van der Waals surface area contributed by atoms with Crippen molar-refractivity contribution in [2.45, 2.75) is 26.6 Å². The Balaban J connectivity index is 1.29. The SMILES string of the molecule is Cc1cnc(CNC(=O)c2nn(Cc3ccc(OCc4ccccc4)cc3)c3ccccc23)cn1. The lowest BCUT2D eigenvalue weighted by Gasteiger charge is -2.08. The Bertz CT molecular complexity index is 1430. The summed E-state index contributed by atoms with van der Waals surface area (Å²) in [6.07, 6.45) is 3.35. The highest BCUT2D eigenvalue weighted by Gasteiger charge is 2.17. The fraction of sp³-hybridized carbons (Fsp3) is 0.143. The van der Waals surface area contributed by atoms with Gasteiger partial charge in [-0.1, -0.05) is 60.7 Å². The molecule has 0 atom stereocenters. The first-order chi connectivity index (χ1) is 17.2. The third-order valence-electron chi connectivity index (χ3n) is 5.64. The van der Waals surface area contributed by atoms with Crippen LogP contribution in [0.4, 0.5) is 0 Å². The van der Waals surface area contributed by atoms with Gasteiger partial charge in [0.25, 0.3) is 5.91 Å². The van der Waals surface area contributed by atoms with Crippen molar-refractivity contribution in [3.05, 3.63) is 119 Å². The van der Waals surface area contributed by atoms with E-state index in [9.17, 15) is 4.79 Å². The van der Waals surface area contributed by atoms with E-state index in [2.05, 4.69) is 20.4 Å². The van der Waals surface area contributed by atoms with Gasteiger partial charge in [0, 0.05) is 11.6 Å². The number of nitrogens with zero attached hydrogens (tertiary/aromatic N) is 4. The smallest absolute Gasteiger partial charge is 0.272 e. The third-order valence-corrected chi connectivity index (χ3v) is 5.64. The minimum absolute atomic E-state index is 0.244. The van der Waals surface area contributed by atoms with Crippen LogP contribution in [0.1, 0.15) is 33.0 Å². The van der Waals surface area contributed by atoms with Gasteiger partial charge in [0.05, 0.1) is 36.2 Å². The molecule has 1 N–H and O–H groups in total. The number of hydrogen-bond donors (Lipinski definition) is 1. The van der Waals surface area contributed by atoms with Gasteiger partial charge < -0.3 is 10.1 Å². The van der Waals surface area contributed by atoms with Gasteiger partial charge in [0.1, 0.15) is 12.4 Å². The summed E-state index contributed by atoms with van der Waals surface area (Å²) in [5.41, 5.74) is 5.01. The molecule has 2 heterocycles. The Morgan fingerprint density at radius 2 is 1.66 bits per heavy atom. The van der Waals surface area contributed by atoms with Crippen molar-refractivity contribution in [3.63, 3.8) is 0 Å². The summed E-state index contributed by atoms with van der Waals surface area (Å²) in [4.78, 5) is 21.5. The zero-order valence-electron chi connectivity index (χ0n) is 19.4. The van der Waals surface area contributed by atoms with E-state index in [1.165, 1.54) is 0 Å². The van der Waals surface area contributed by atoms with Gasteiger partial charge in [-0.15, -0.1) is 0 Å². The summed E-state index contributed by atoms with van der Waals surface area (Å²) in [6.45, 7) is 3.23. The second-order valence-electron chi connectivity index (χ2n) is 8.27. The molecular formula is C28H25N5O2. The molecule has 0 bridgehead atoms. The van der Waals surface area contributed by atoms with E-state index < -0.39 is 0 Å². The van der Waals surface area contributed by atoms with Gasteiger partial charge in [0.2, 0.25) is 0 Å². The number of aromatic nitrogens is 4. The second kappa shape index (κ2) is 10.2. The van der Waals surface area contributed by atoms with Gasteiger partial charge in [-0.05, 0) is 36.2 Å². The first-order valence-electron chi connectivity index (χ1n) is 11.4. The molecule has 174 valence electrons. The number of carbonyl (C=O) groups excluding carboxylic acids is 1. The molecule has 0 aliphatic rings. The standard InChI is InChI=1S/C28H25N5O2/c1-20-15-30-23(16-29-20)17-31-28(34)27-25-9-5-6-10-26(25)33(32-27)18-21-11-13-24(14-12-21)35-19-22-7-3-2-4-8-22/h2-16H,17-19H2,1H3,(H,31,34). The van der Waals surface area contributed by atoms with Gasteiger partial charge in [-0.25, -0.2) is 0 Å². The van der Waals surface area contributed by atoms with Crippen molar-refractivity contribution >= 4 is 16.8 Å². The average Bonchev–Trinajstić information content (AvgIpc) is 3.27. The quantitative estimate of drug-likeness (QED) is 0.361. The van der Waals surface area contributed by atoms with Crippen LogP contribution in [0.3, 0.4) is 0 Å². The van der Waals surface area contributed by atoms with Gasteiger partial charge in [-0.3, -0.25) is 19.4 Å². The Labute approximate surface area is 203 Å². The molecule has 0 aliphatic carbocycles. The normalized spacial score (nSPS) is 10.9. The van der Waals surface area contributed by atoms with Crippen LogP contribution in [0.5, 0.6) is 5.75 Å². The lowest BCUT2D eigenvalue weighted by molar-refractivity contribution is 0.0946. The van der Waals surface area contributed by atoms with Crippen LogP contribution in [0.25, 0.3) is 10.9 Å². The van der Waals surface area contributed by atoms with Crippen molar-refractivity contribution < 1.29 is 9.53 Å². The Morgan fingerprint density at radius 3 is 2.43 bits per heavy atom. The molecule has 0 unspecified atom stereocenters. The molecule has 1 amide bonds. The van der Waals surface area contributed by atoms with Crippen molar-refractivity contribution in [3.8, 4) is 5.75 Å². The Hall–Kier alpha value is -4.52. The molecule has 7 heteroatoms. The summed E-state index contributed by atoms with van der Waals surface area (Å²) in [7, 11) is 0. The van der Waals surface area contributed by atoms with E-state index >= 15 is 0 Å². The number of ether oxygens (including phenoxy) is 1. The van der Waals surface area contributed by atoms with Crippen LogP contribution in [0.2, 0.25) is 0 Å². The number of rotatable bonds is 8. The second-order valence-corrected chi connectivity index (χ2v) is 8.27. The van der Waals surface area contributed by atoms with Crippen LogP contribution in [0, 0.1) is 6.92 Å². The first kappa shape index (κ1) is 22.3. The largest absolute Gasteiger partial charge is 0.489 e. The number of fused-ring (bicyclic) bond motifs is 1. The number of nitrogens with one attached hydrogen (secondary N) is 1. The van der Waals surface area contributed by atoms with Crippen LogP contribution >= 0.6 is 0 Å². The van der Waals surface area contributed by atoms with Gasteiger partial charge in [0.15, 0.2) is 5.69 Å². The zero-order valence-corrected chi connectivity index (χ0v) is 19.4. The Kier molecular flexibility index (Phi) is 6.48. The maximum absolute atomic E-state index is 12.9. The summed E-state index contributed by atoms with van der Waals surface area (Å²) in [6, 6.07) is 25.8. The maximum atomic E-state index is 12.9. The van der Waals surface area contributed by atoms with Crippen molar-refractivity contribution in [2.75, 3.05) is 0 Å². The number of benzene rings is 3. The molecule has 0 saturated carbocycles. The highest BCUT2D eigenvalue weighted by Crippen LogP contribution is 2.21. The lowest BCUT2D eigenvalue weighted by Crippen LogP contribution is -2.24. The van der Waals surface area contributed by atoms with Crippen molar-refractivity contribution in [1.82, 2.24) is 25.1 Å². The molecule has 7 nitrogen and oxygen atoms in total. The number of aryl methyl sites for hydroxylation is 1. The fourth-order valence-electron chi connectivity index (χ4n) is 3.79. The zero-order chi connectivity index (χ0) is 24.0. The molecule has 5 rings (SSSR count). The van der Waals surface area contributed by atoms with E-state index in [0.29, 0.717) is 24.5 Å². The predicted molar refractivity (Wildman–Crippen MR) is 134 cm³/mol. The molecule has 3 aromatic carbocycles. The van der Waals surface area contributed by atoms with E-state index in [1.54, 1.807) is 12.4 Å². The fourth-order valence-corrected chi connectivity index (χ4v) is 3.79. The monoisotopic (exact) mass is 463 g/mol. The summed E-state index contributed by atoms with van der Waals surface area (Å²) in [5.74, 6) is 0.564. The number of amides is 1.